The zero-order valence-electron chi connectivity index (χ0n) is 14.0. The van der Waals surface area contributed by atoms with E-state index in [0.29, 0.717) is 11.3 Å². The average molecular weight is 339 g/mol. The Morgan fingerprint density at radius 2 is 1.83 bits per heavy atom. The third-order valence-electron chi connectivity index (χ3n) is 2.55. The lowest BCUT2D eigenvalue weighted by atomic mass is 10.1. The second kappa shape index (κ2) is 8.30. The van der Waals surface area contributed by atoms with Gasteiger partial charge in [0.05, 0.1) is 19.3 Å². The molecule has 1 amide bonds. The number of hydrogen-bond donors (Lipinski definition) is 2. The maximum absolute atomic E-state index is 11.8. The number of rotatable bonds is 6. The highest BCUT2D eigenvalue weighted by atomic mass is 16.6. The number of methoxy groups -OCH3 is 1. The monoisotopic (exact) mass is 339 g/mol. The molecule has 8 heteroatoms. The molecule has 1 rings (SSSR count). The van der Waals surface area contributed by atoms with Crippen molar-refractivity contribution < 1.29 is 33.7 Å². The van der Waals surface area contributed by atoms with E-state index in [9.17, 15) is 14.4 Å². The quantitative estimate of drug-likeness (QED) is 0.766. The van der Waals surface area contributed by atoms with E-state index < -0.39 is 30.2 Å². The van der Waals surface area contributed by atoms with Crippen molar-refractivity contribution in [1.82, 2.24) is 0 Å². The topological polar surface area (TPSA) is 111 Å². The van der Waals surface area contributed by atoms with Gasteiger partial charge in [-0.05, 0) is 44.5 Å². The Morgan fingerprint density at radius 3 is 2.38 bits per heavy atom. The largest absolute Gasteiger partial charge is 0.480 e. The fourth-order valence-corrected chi connectivity index (χ4v) is 1.76. The molecule has 0 spiro atoms. The summed E-state index contributed by atoms with van der Waals surface area (Å²) in [5.74, 6) is -1.70. The van der Waals surface area contributed by atoms with E-state index in [1.165, 1.54) is 19.2 Å². The highest BCUT2D eigenvalue weighted by molar-refractivity contribution is 5.93. The van der Waals surface area contributed by atoms with Crippen molar-refractivity contribution in [3.05, 3.63) is 29.3 Å². The van der Waals surface area contributed by atoms with Gasteiger partial charge in [-0.3, -0.25) is 5.32 Å². The molecule has 0 aliphatic carbocycles. The fourth-order valence-electron chi connectivity index (χ4n) is 1.76. The summed E-state index contributed by atoms with van der Waals surface area (Å²) in [6, 6.07) is 4.47. The van der Waals surface area contributed by atoms with Crippen LogP contribution in [0.3, 0.4) is 0 Å². The molecule has 0 atom stereocenters. The molecule has 0 aliphatic rings. The summed E-state index contributed by atoms with van der Waals surface area (Å²) in [5.41, 5.74) is 0.337. The molecule has 0 saturated heterocycles. The highest BCUT2D eigenvalue weighted by Gasteiger charge is 2.17. The third kappa shape index (κ3) is 7.10. The van der Waals surface area contributed by atoms with Gasteiger partial charge in [-0.1, -0.05) is 0 Å². The van der Waals surface area contributed by atoms with Gasteiger partial charge in [0.1, 0.15) is 12.2 Å². The maximum atomic E-state index is 11.8. The number of amides is 1. The van der Waals surface area contributed by atoms with Crippen LogP contribution >= 0.6 is 0 Å². The summed E-state index contributed by atoms with van der Waals surface area (Å²) >= 11 is 0. The zero-order chi connectivity index (χ0) is 18.3. The SMILES string of the molecule is COC(=O)c1cc(COCC(=O)O)cc(NC(=O)OC(C)(C)C)c1. The van der Waals surface area contributed by atoms with Crippen LogP contribution in [0.15, 0.2) is 18.2 Å². The van der Waals surface area contributed by atoms with Crippen LogP contribution in [0.2, 0.25) is 0 Å². The van der Waals surface area contributed by atoms with Gasteiger partial charge in [-0.25, -0.2) is 14.4 Å². The van der Waals surface area contributed by atoms with Gasteiger partial charge < -0.3 is 19.3 Å². The molecule has 0 radical (unpaired) electrons. The molecule has 0 aromatic heterocycles. The van der Waals surface area contributed by atoms with Gasteiger partial charge >= 0.3 is 18.0 Å². The van der Waals surface area contributed by atoms with E-state index in [1.54, 1.807) is 26.8 Å². The summed E-state index contributed by atoms with van der Waals surface area (Å²) in [6.07, 6.45) is -0.679. The molecule has 0 heterocycles. The molecule has 0 fully saturated rings. The minimum atomic E-state index is -1.11. The van der Waals surface area contributed by atoms with Crippen LogP contribution < -0.4 is 5.32 Å². The average Bonchev–Trinajstić information content (AvgIpc) is 2.43. The minimum absolute atomic E-state index is 0.0415. The number of ether oxygens (including phenoxy) is 3. The van der Waals surface area contributed by atoms with E-state index in [1.807, 2.05) is 0 Å². The van der Waals surface area contributed by atoms with E-state index in [0.717, 1.165) is 0 Å². The second-order valence-corrected chi connectivity index (χ2v) is 5.92. The number of carbonyl (C=O) groups is 3. The van der Waals surface area contributed by atoms with Gasteiger partial charge in [-0.2, -0.15) is 0 Å². The van der Waals surface area contributed by atoms with Crippen LogP contribution in [0.1, 0.15) is 36.7 Å². The molecular formula is C16H21NO7. The molecular weight excluding hydrogens is 318 g/mol. The molecule has 8 nitrogen and oxygen atoms in total. The summed E-state index contributed by atoms with van der Waals surface area (Å²) in [7, 11) is 1.23. The van der Waals surface area contributed by atoms with Gasteiger partial charge in [0, 0.05) is 5.69 Å². The Labute approximate surface area is 139 Å². The Bertz CT molecular complexity index is 619. The molecule has 0 bridgehead atoms. The first kappa shape index (κ1) is 19.4. The molecule has 0 aliphatic heterocycles. The first-order valence-electron chi connectivity index (χ1n) is 7.12. The number of carboxylic acids is 1. The lowest BCUT2D eigenvalue weighted by Gasteiger charge is -2.20. The molecule has 132 valence electrons. The molecule has 0 saturated carbocycles. The van der Waals surface area contributed by atoms with E-state index in [-0.39, 0.29) is 12.2 Å². The van der Waals surface area contributed by atoms with Crippen molar-refractivity contribution in [3.8, 4) is 0 Å². The number of carboxylic acid groups (broad SMARTS) is 1. The smallest absolute Gasteiger partial charge is 0.412 e. The fraction of sp³-hybridized carbons (Fsp3) is 0.438. The van der Waals surface area contributed by atoms with Crippen LogP contribution in [0.4, 0.5) is 10.5 Å². The normalized spacial score (nSPS) is 10.8. The third-order valence-corrected chi connectivity index (χ3v) is 2.55. The van der Waals surface area contributed by atoms with E-state index in [2.05, 4.69) is 10.1 Å². The van der Waals surface area contributed by atoms with Gasteiger partial charge in [-0.15, -0.1) is 0 Å². The van der Waals surface area contributed by atoms with Crippen LogP contribution in [-0.2, 0) is 25.6 Å². The Balaban J connectivity index is 2.94. The first-order valence-corrected chi connectivity index (χ1v) is 7.12. The second-order valence-electron chi connectivity index (χ2n) is 5.92. The molecule has 0 unspecified atom stereocenters. The Hall–Kier alpha value is -2.61. The molecule has 1 aromatic rings. The van der Waals surface area contributed by atoms with E-state index in [4.69, 9.17) is 14.6 Å². The number of hydrogen-bond acceptors (Lipinski definition) is 6. The van der Waals surface area contributed by atoms with Crippen molar-refractivity contribution in [2.75, 3.05) is 19.0 Å². The maximum Gasteiger partial charge on any atom is 0.412 e. The lowest BCUT2D eigenvalue weighted by molar-refractivity contribution is -0.142. The Kier molecular flexibility index (Phi) is 6.72. The lowest BCUT2D eigenvalue weighted by Crippen LogP contribution is -2.27. The predicted octanol–water partition coefficient (Wildman–Crippen LogP) is 2.42. The van der Waals surface area contributed by atoms with Crippen molar-refractivity contribution in [3.63, 3.8) is 0 Å². The zero-order valence-corrected chi connectivity index (χ0v) is 14.0. The van der Waals surface area contributed by atoms with Crippen LogP contribution in [0, 0.1) is 0 Å². The van der Waals surface area contributed by atoms with Crippen LogP contribution in [-0.4, -0.2) is 42.5 Å². The Morgan fingerprint density at radius 1 is 1.17 bits per heavy atom. The minimum Gasteiger partial charge on any atom is -0.480 e. The van der Waals surface area contributed by atoms with Gasteiger partial charge in [0.2, 0.25) is 0 Å². The summed E-state index contributed by atoms with van der Waals surface area (Å²) in [4.78, 5) is 34.0. The predicted molar refractivity (Wildman–Crippen MR) is 84.9 cm³/mol. The van der Waals surface area contributed by atoms with Crippen LogP contribution in [0.5, 0.6) is 0 Å². The molecule has 24 heavy (non-hydrogen) atoms. The summed E-state index contributed by atoms with van der Waals surface area (Å²) in [5, 5.41) is 11.1. The number of aliphatic carboxylic acids is 1. The van der Waals surface area contributed by atoms with Crippen LogP contribution in [0.25, 0.3) is 0 Å². The number of esters is 1. The van der Waals surface area contributed by atoms with Crippen molar-refractivity contribution in [2.24, 2.45) is 0 Å². The van der Waals surface area contributed by atoms with Crippen molar-refractivity contribution in [2.45, 2.75) is 33.0 Å². The van der Waals surface area contributed by atoms with Gasteiger partial charge in [0.15, 0.2) is 0 Å². The van der Waals surface area contributed by atoms with Crippen molar-refractivity contribution >= 4 is 23.7 Å². The van der Waals surface area contributed by atoms with E-state index >= 15 is 0 Å². The summed E-state index contributed by atoms with van der Waals surface area (Å²) < 4.78 is 14.8. The molecule has 1 aromatic carbocycles. The number of anilines is 1. The summed E-state index contributed by atoms with van der Waals surface area (Å²) in [6.45, 7) is 4.66. The standard InChI is InChI=1S/C16H21NO7/c1-16(2,3)24-15(21)17-12-6-10(8-23-9-13(18)19)5-11(7-12)14(20)22-4/h5-7H,8-9H2,1-4H3,(H,17,21)(H,18,19). The first-order chi connectivity index (χ1) is 11.1. The highest BCUT2D eigenvalue weighted by Crippen LogP contribution is 2.18. The number of benzene rings is 1. The molecule has 2 N–H and O–H groups in total. The van der Waals surface area contributed by atoms with Crippen molar-refractivity contribution in [1.29, 1.82) is 0 Å². The number of nitrogens with one attached hydrogen (secondary N) is 1. The number of carbonyl (C=O) groups excluding carboxylic acids is 2. The van der Waals surface area contributed by atoms with Gasteiger partial charge in [0.25, 0.3) is 0 Å².